The summed E-state index contributed by atoms with van der Waals surface area (Å²) in [6, 6.07) is 16.7. The van der Waals surface area contributed by atoms with Crippen LogP contribution in [0.1, 0.15) is 30.0 Å². The first kappa shape index (κ1) is 18.3. The monoisotopic (exact) mass is 352 g/mol. The zero-order chi connectivity index (χ0) is 18.4. The van der Waals surface area contributed by atoms with Gasteiger partial charge >= 0.3 is 0 Å². The van der Waals surface area contributed by atoms with Crippen molar-refractivity contribution in [2.24, 2.45) is 10.7 Å². The number of nitrogens with zero attached hydrogens (tertiary/aromatic N) is 2. The van der Waals surface area contributed by atoms with Crippen LogP contribution < -0.4 is 15.8 Å². The molecule has 1 aliphatic heterocycles. The molecule has 1 saturated heterocycles. The van der Waals surface area contributed by atoms with Gasteiger partial charge in [-0.1, -0.05) is 35.9 Å². The topological polar surface area (TPSA) is 62.9 Å². The number of anilines is 1. The van der Waals surface area contributed by atoms with Crippen LogP contribution in [0.25, 0.3) is 0 Å². The summed E-state index contributed by atoms with van der Waals surface area (Å²) in [6.07, 6.45) is 2.51. The van der Waals surface area contributed by atoms with E-state index in [4.69, 9.17) is 10.5 Å². The predicted molar refractivity (Wildman–Crippen MR) is 108 cm³/mol. The predicted octanol–water partition coefficient (Wildman–Crippen LogP) is 3.57. The summed E-state index contributed by atoms with van der Waals surface area (Å²) in [4.78, 5) is 7.13. The number of likely N-dealkylation sites (tertiary alicyclic amines) is 1. The summed E-state index contributed by atoms with van der Waals surface area (Å²) < 4.78 is 5.24. The third kappa shape index (κ3) is 4.76. The molecule has 1 heterocycles. The molecule has 1 unspecified atom stereocenters. The maximum atomic E-state index is 6.13. The maximum Gasteiger partial charge on any atom is 0.193 e. The number of rotatable bonds is 6. The van der Waals surface area contributed by atoms with Crippen molar-refractivity contribution in [1.82, 2.24) is 4.90 Å². The average Bonchev–Trinajstić information content (AvgIpc) is 3.18. The van der Waals surface area contributed by atoms with Gasteiger partial charge in [0, 0.05) is 11.8 Å². The Balaban J connectivity index is 1.71. The molecule has 0 bridgehead atoms. The lowest BCUT2D eigenvalue weighted by Crippen LogP contribution is -2.30. The number of hydrogen-bond donors (Lipinski definition) is 2. The largest absolute Gasteiger partial charge is 0.497 e. The molecule has 0 aliphatic carbocycles. The number of aliphatic imine (C=N–C) groups is 1. The Hall–Kier alpha value is -2.53. The number of nitrogens with one attached hydrogen (secondary N) is 1. The van der Waals surface area contributed by atoms with Crippen LogP contribution in [0.15, 0.2) is 53.5 Å². The Morgan fingerprint density at radius 2 is 1.92 bits per heavy atom. The number of guanidine groups is 1. The second-order valence-corrected chi connectivity index (χ2v) is 6.75. The molecule has 1 fully saturated rings. The molecule has 0 saturated carbocycles. The van der Waals surface area contributed by atoms with Crippen LogP contribution >= 0.6 is 0 Å². The first-order valence-electron chi connectivity index (χ1n) is 9.17. The van der Waals surface area contributed by atoms with Gasteiger partial charge in [0.05, 0.1) is 19.7 Å². The molecule has 0 spiro atoms. The van der Waals surface area contributed by atoms with E-state index in [1.165, 1.54) is 24.0 Å². The number of ether oxygens (including phenoxy) is 1. The molecular weight excluding hydrogens is 324 g/mol. The zero-order valence-electron chi connectivity index (χ0n) is 15.6. The molecule has 138 valence electrons. The molecular formula is C21H28N4O. The van der Waals surface area contributed by atoms with Gasteiger partial charge < -0.3 is 15.8 Å². The van der Waals surface area contributed by atoms with Crippen LogP contribution in [-0.4, -0.2) is 37.6 Å². The van der Waals surface area contributed by atoms with E-state index in [0.717, 1.165) is 24.5 Å². The third-order valence-corrected chi connectivity index (χ3v) is 4.82. The highest BCUT2D eigenvalue weighted by Crippen LogP contribution is 2.26. The van der Waals surface area contributed by atoms with E-state index in [1.54, 1.807) is 7.11 Å². The van der Waals surface area contributed by atoms with Gasteiger partial charge in [-0.2, -0.15) is 0 Å². The van der Waals surface area contributed by atoms with Crippen molar-refractivity contribution in [2.75, 3.05) is 32.1 Å². The average molecular weight is 352 g/mol. The summed E-state index contributed by atoms with van der Waals surface area (Å²) >= 11 is 0. The molecule has 1 aliphatic rings. The van der Waals surface area contributed by atoms with E-state index >= 15 is 0 Å². The van der Waals surface area contributed by atoms with Gasteiger partial charge in [-0.05, 0) is 50.6 Å². The Bertz CT molecular complexity index is 736. The fourth-order valence-electron chi connectivity index (χ4n) is 3.35. The van der Waals surface area contributed by atoms with E-state index in [0.29, 0.717) is 12.5 Å². The molecule has 1 atom stereocenters. The highest BCUT2D eigenvalue weighted by Gasteiger charge is 2.23. The van der Waals surface area contributed by atoms with Gasteiger partial charge in [-0.25, -0.2) is 0 Å². The fraction of sp³-hybridized carbons (Fsp3) is 0.381. The summed E-state index contributed by atoms with van der Waals surface area (Å²) in [7, 11) is 1.65. The van der Waals surface area contributed by atoms with E-state index in [2.05, 4.69) is 46.4 Å². The van der Waals surface area contributed by atoms with Crippen molar-refractivity contribution in [3.05, 3.63) is 59.7 Å². The van der Waals surface area contributed by atoms with Gasteiger partial charge in [-0.15, -0.1) is 0 Å². The van der Waals surface area contributed by atoms with Crippen molar-refractivity contribution < 1.29 is 4.74 Å². The molecule has 0 radical (unpaired) electrons. The molecule has 5 nitrogen and oxygen atoms in total. The van der Waals surface area contributed by atoms with Crippen molar-refractivity contribution in [3.8, 4) is 5.75 Å². The Kier molecular flexibility index (Phi) is 6.12. The summed E-state index contributed by atoms with van der Waals surface area (Å²) in [5.41, 5.74) is 9.58. The van der Waals surface area contributed by atoms with Gasteiger partial charge in [0.25, 0.3) is 0 Å². The van der Waals surface area contributed by atoms with Crippen LogP contribution in [0.4, 0.5) is 5.69 Å². The second kappa shape index (κ2) is 8.72. The lowest BCUT2D eigenvalue weighted by Gasteiger charge is -2.27. The Morgan fingerprint density at radius 3 is 2.62 bits per heavy atom. The lowest BCUT2D eigenvalue weighted by molar-refractivity contribution is 0.252. The molecule has 26 heavy (non-hydrogen) atoms. The van der Waals surface area contributed by atoms with Crippen LogP contribution in [0.5, 0.6) is 5.75 Å². The molecule has 5 heteroatoms. The van der Waals surface area contributed by atoms with E-state index in [9.17, 15) is 0 Å². The fourth-order valence-corrected chi connectivity index (χ4v) is 3.35. The van der Waals surface area contributed by atoms with Crippen molar-refractivity contribution in [2.45, 2.75) is 25.8 Å². The number of benzene rings is 2. The van der Waals surface area contributed by atoms with E-state index in [1.807, 2.05) is 24.3 Å². The number of nitrogens with two attached hydrogens (primary N) is 1. The molecule has 2 aromatic rings. The van der Waals surface area contributed by atoms with E-state index < -0.39 is 0 Å². The highest BCUT2D eigenvalue weighted by atomic mass is 16.5. The number of methoxy groups -OCH3 is 1. The minimum absolute atomic E-state index is 0.267. The van der Waals surface area contributed by atoms with Crippen molar-refractivity contribution in [1.29, 1.82) is 0 Å². The molecule has 0 aromatic heterocycles. The summed E-state index contributed by atoms with van der Waals surface area (Å²) in [6.45, 7) is 5.00. The second-order valence-electron chi connectivity index (χ2n) is 6.75. The standard InChI is InChI=1S/C21H28N4O/c1-16-8-10-17(11-9-16)20(25-12-3-4-13-25)15-23-21(22)24-18-6-5-7-19(14-18)26-2/h5-11,14,20H,3-4,12-13,15H2,1-2H3,(H3,22,23,24). The number of aryl methyl sites for hydroxylation is 1. The first-order valence-corrected chi connectivity index (χ1v) is 9.17. The van der Waals surface area contributed by atoms with Crippen LogP contribution in [0.2, 0.25) is 0 Å². The van der Waals surface area contributed by atoms with Crippen molar-refractivity contribution in [3.63, 3.8) is 0 Å². The molecule has 2 aromatic carbocycles. The van der Waals surface area contributed by atoms with Crippen molar-refractivity contribution >= 4 is 11.6 Å². The van der Waals surface area contributed by atoms with Crippen LogP contribution in [-0.2, 0) is 0 Å². The van der Waals surface area contributed by atoms with Gasteiger partial charge in [0.2, 0.25) is 0 Å². The Morgan fingerprint density at radius 1 is 1.19 bits per heavy atom. The summed E-state index contributed by atoms with van der Waals surface area (Å²) in [5, 5.41) is 3.15. The SMILES string of the molecule is COc1cccc(NC(N)=NCC(c2ccc(C)cc2)N2CCCC2)c1. The molecule has 3 N–H and O–H groups in total. The highest BCUT2D eigenvalue weighted by molar-refractivity contribution is 5.92. The summed E-state index contributed by atoms with van der Waals surface area (Å²) in [5.74, 6) is 1.21. The third-order valence-electron chi connectivity index (χ3n) is 4.82. The Labute approximate surface area is 155 Å². The lowest BCUT2D eigenvalue weighted by atomic mass is 10.0. The minimum Gasteiger partial charge on any atom is -0.497 e. The van der Waals surface area contributed by atoms with E-state index in [-0.39, 0.29) is 6.04 Å². The van der Waals surface area contributed by atoms with Crippen LogP contribution in [0, 0.1) is 6.92 Å². The van der Waals surface area contributed by atoms with Crippen LogP contribution in [0.3, 0.4) is 0 Å². The zero-order valence-corrected chi connectivity index (χ0v) is 15.6. The minimum atomic E-state index is 0.267. The molecule has 0 amide bonds. The maximum absolute atomic E-state index is 6.13. The van der Waals surface area contributed by atoms with Gasteiger partial charge in [-0.3, -0.25) is 9.89 Å². The normalized spacial score (nSPS) is 16.5. The molecule has 3 rings (SSSR count). The first-order chi connectivity index (χ1) is 12.7. The van der Waals surface area contributed by atoms with Gasteiger partial charge in [0.1, 0.15) is 5.75 Å². The number of hydrogen-bond acceptors (Lipinski definition) is 3. The smallest absolute Gasteiger partial charge is 0.193 e. The quantitative estimate of drug-likeness (QED) is 0.616. The van der Waals surface area contributed by atoms with Gasteiger partial charge in [0.15, 0.2) is 5.96 Å².